The highest BCUT2D eigenvalue weighted by molar-refractivity contribution is 9.10. The van der Waals surface area contributed by atoms with Crippen LogP contribution in [0.25, 0.3) is 10.8 Å². The third-order valence-electron chi connectivity index (χ3n) is 6.29. The molecule has 5 rings (SSSR count). The zero-order valence-electron chi connectivity index (χ0n) is 21.9. The average molecular weight is 629 g/mol. The van der Waals surface area contributed by atoms with Gasteiger partial charge in [-0.15, -0.1) is 0 Å². The molecule has 41 heavy (non-hydrogen) atoms. The molecule has 0 saturated heterocycles. The predicted molar refractivity (Wildman–Crippen MR) is 166 cm³/mol. The molecule has 0 radical (unpaired) electrons. The number of hydrogen-bond donors (Lipinski definition) is 1. The first-order valence-corrected chi connectivity index (χ1v) is 15.0. The van der Waals surface area contributed by atoms with E-state index in [1.54, 1.807) is 42.5 Å². The van der Waals surface area contributed by atoms with E-state index in [2.05, 4.69) is 50.7 Å². The van der Waals surface area contributed by atoms with Gasteiger partial charge in [0.1, 0.15) is 18.9 Å². The molecule has 1 N–H and O–H groups in total. The van der Waals surface area contributed by atoms with Crippen LogP contribution in [0.3, 0.4) is 0 Å². The van der Waals surface area contributed by atoms with Crippen LogP contribution in [0.2, 0.25) is 0 Å². The Kier molecular flexibility index (Phi) is 8.76. The van der Waals surface area contributed by atoms with Crippen LogP contribution in [0.1, 0.15) is 11.1 Å². The summed E-state index contributed by atoms with van der Waals surface area (Å²) < 4.78 is 34.6. The summed E-state index contributed by atoms with van der Waals surface area (Å²) in [5, 5.41) is 6.34. The molecule has 0 atom stereocenters. The summed E-state index contributed by atoms with van der Waals surface area (Å²) in [7, 11) is -3.99. The number of hydrazone groups is 1. The van der Waals surface area contributed by atoms with Crippen molar-refractivity contribution in [2.75, 3.05) is 10.8 Å². The molecule has 206 valence electrons. The van der Waals surface area contributed by atoms with Gasteiger partial charge in [0.2, 0.25) is 0 Å². The fraction of sp³-hybridized carbons (Fsp3) is 0.0625. The van der Waals surface area contributed by atoms with E-state index in [1.165, 1.54) is 23.7 Å². The zero-order valence-corrected chi connectivity index (χ0v) is 24.3. The van der Waals surface area contributed by atoms with Gasteiger partial charge in [-0.1, -0.05) is 76.6 Å². The number of benzene rings is 5. The van der Waals surface area contributed by atoms with Crippen molar-refractivity contribution in [1.29, 1.82) is 0 Å². The number of rotatable bonds is 10. The van der Waals surface area contributed by atoms with E-state index in [0.29, 0.717) is 18.0 Å². The fourth-order valence-corrected chi connectivity index (χ4v) is 5.92. The topological polar surface area (TPSA) is 88.1 Å². The van der Waals surface area contributed by atoms with Crippen LogP contribution in [-0.4, -0.2) is 27.1 Å². The number of sulfonamides is 1. The lowest BCUT2D eigenvalue weighted by molar-refractivity contribution is -0.119. The van der Waals surface area contributed by atoms with Crippen LogP contribution in [-0.2, 0) is 21.4 Å². The van der Waals surface area contributed by atoms with Crippen molar-refractivity contribution in [3.05, 3.63) is 137 Å². The number of nitrogens with one attached hydrogen (secondary N) is 1. The number of anilines is 1. The third kappa shape index (κ3) is 7.00. The highest BCUT2D eigenvalue weighted by atomic mass is 79.9. The van der Waals surface area contributed by atoms with Gasteiger partial charge in [0.15, 0.2) is 0 Å². The smallest absolute Gasteiger partial charge is 0.264 e. The largest absolute Gasteiger partial charge is 0.489 e. The van der Waals surface area contributed by atoms with Crippen molar-refractivity contribution in [2.24, 2.45) is 5.10 Å². The number of hydrogen-bond acceptors (Lipinski definition) is 5. The van der Waals surface area contributed by atoms with Crippen LogP contribution >= 0.6 is 15.9 Å². The maximum absolute atomic E-state index is 13.4. The first kappa shape index (κ1) is 28.1. The molecule has 0 aliphatic rings. The van der Waals surface area contributed by atoms with Crippen LogP contribution in [0.4, 0.5) is 5.69 Å². The summed E-state index contributed by atoms with van der Waals surface area (Å²) in [6.07, 6.45) is 1.49. The van der Waals surface area contributed by atoms with Gasteiger partial charge < -0.3 is 4.74 Å². The molecule has 0 heterocycles. The summed E-state index contributed by atoms with van der Waals surface area (Å²) in [5.74, 6) is 0.120. The van der Waals surface area contributed by atoms with E-state index >= 15 is 0 Å². The van der Waals surface area contributed by atoms with Crippen molar-refractivity contribution in [3.8, 4) is 5.75 Å². The van der Waals surface area contributed by atoms with Crippen LogP contribution in [0, 0.1) is 0 Å². The highest BCUT2D eigenvalue weighted by Crippen LogP contribution is 2.25. The number of amides is 1. The maximum Gasteiger partial charge on any atom is 0.264 e. The van der Waals surface area contributed by atoms with Gasteiger partial charge in [0.05, 0.1) is 16.8 Å². The Morgan fingerprint density at radius 1 is 0.829 bits per heavy atom. The quantitative estimate of drug-likeness (QED) is 0.141. The second-order valence-electron chi connectivity index (χ2n) is 9.09. The first-order valence-electron chi connectivity index (χ1n) is 12.7. The van der Waals surface area contributed by atoms with E-state index < -0.39 is 22.5 Å². The van der Waals surface area contributed by atoms with Crippen LogP contribution in [0.15, 0.2) is 136 Å². The van der Waals surface area contributed by atoms with Crippen molar-refractivity contribution in [2.45, 2.75) is 11.5 Å². The van der Waals surface area contributed by atoms with E-state index in [4.69, 9.17) is 4.74 Å². The van der Waals surface area contributed by atoms with Crippen LogP contribution in [0.5, 0.6) is 5.75 Å². The predicted octanol–water partition coefficient (Wildman–Crippen LogP) is 6.53. The highest BCUT2D eigenvalue weighted by Gasteiger charge is 2.27. The van der Waals surface area contributed by atoms with Crippen LogP contribution < -0.4 is 14.5 Å². The van der Waals surface area contributed by atoms with Gasteiger partial charge in [0, 0.05) is 4.47 Å². The number of ether oxygens (including phenoxy) is 1. The molecule has 5 aromatic rings. The number of halogens is 1. The molecule has 9 heteroatoms. The third-order valence-corrected chi connectivity index (χ3v) is 8.61. The lowest BCUT2D eigenvalue weighted by atomic mass is 10.1. The molecule has 7 nitrogen and oxygen atoms in total. The molecule has 0 aliphatic carbocycles. The van der Waals surface area contributed by atoms with E-state index in [9.17, 15) is 13.2 Å². The van der Waals surface area contributed by atoms with Gasteiger partial charge in [-0.25, -0.2) is 13.8 Å². The van der Waals surface area contributed by atoms with E-state index in [0.717, 1.165) is 25.3 Å². The molecule has 0 spiro atoms. The second kappa shape index (κ2) is 12.8. The Morgan fingerprint density at radius 2 is 1.51 bits per heavy atom. The first-order chi connectivity index (χ1) is 19.9. The van der Waals surface area contributed by atoms with E-state index in [1.807, 2.05) is 42.5 Å². The summed E-state index contributed by atoms with van der Waals surface area (Å²) in [6, 6.07) is 36.3. The molecule has 0 aliphatic heterocycles. The Bertz CT molecular complexity index is 1770. The SMILES string of the molecule is O=C(CN(c1ccc(Br)cc1)S(=O)(=O)c1ccccc1)N/N=C/c1ccc(OCc2cccc3ccccc23)cc1. The zero-order chi connectivity index (χ0) is 28.7. The number of nitrogens with zero attached hydrogens (tertiary/aromatic N) is 2. The standard InChI is InChI=1S/C32H26BrN3O4S/c33-27-15-17-28(18-16-27)36(41(38,39)30-10-2-1-3-11-30)22-32(37)35-34-21-24-13-19-29(20-14-24)40-23-26-9-6-8-25-7-4-5-12-31(25)26/h1-21H,22-23H2,(H,35,37)/b34-21+. The molecule has 1 amide bonds. The Balaban J connectivity index is 1.21. The molecule has 0 saturated carbocycles. The minimum atomic E-state index is -3.99. The fourth-order valence-electron chi connectivity index (χ4n) is 4.22. The molecule has 5 aromatic carbocycles. The Labute approximate surface area is 247 Å². The van der Waals surface area contributed by atoms with Gasteiger partial charge in [-0.05, 0) is 82.6 Å². The minimum absolute atomic E-state index is 0.0852. The molecule has 0 aromatic heterocycles. The maximum atomic E-state index is 13.4. The molecular formula is C32H26BrN3O4S. The summed E-state index contributed by atoms with van der Waals surface area (Å²) in [6.45, 7) is -0.0112. The molecule has 0 bridgehead atoms. The normalized spacial score (nSPS) is 11.4. The van der Waals surface area contributed by atoms with Crippen molar-refractivity contribution in [3.63, 3.8) is 0 Å². The lowest BCUT2D eigenvalue weighted by Gasteiger charge is -2.23. The van der Waals surface area contributed by atoms with Crippen molar-refractivity contribution >= 4 is 54.5 Å². The van der Waals surface area contributed by atoms with E-state index in [-0.39, 0.29) is 4.90 Å². The summed E-state index contributed by atoms with van der Waals surface area (Å²) in [4.78, 5) is 12.9. The molecular weight excluding hydrogens is 602 g/mol. The molecule has 0 fully saturated rings. The van der Waals surface area contributed by atoms with Gasteiger partial charge in [-0.3, -0.25) is 9.10 Å². The monoisotopic (exact) mass is 627 g/mol. The second-order valence-corrected chi connectivity index (χ2v) is 11.9. The number of fused-ring (bicyclic) bond motifs is 1. The van der Waals surface area contributed by atoms with Gasteiger partial charge in [-0.2, -0.15) is 5.10 Å². The van der Waals surface area contributed by atoms with Gasteiger partial charge in [0.25, 0.3) is 15.9 Å². The minimum Gasteiger partial charge on any atom is -0.489 e. The Morgan fingerprint density at radius 3 is 2.27 bits per heavy atom. The molecule has 0 unspecified atom stereocenters. The summed E-state index contributed by atoms with van der Waals surface area (Å²) in [5.41, 5.74) is 4.63. The lowest BCUT2D eigenvalue weighted by Crippen LogP contribution is -2.39. The van der Waals surface area contributed by atoms with Gasteiger partial charge >= 0.3 is 0 Å². The van der Waals surface area contributed by atoms with Crippen molar-refractivity contribution in [1.82, 2.24) is 5.43 Å². The summed E-state index contributed by atoms with van der Waals surface area (Å²) >= 11 is 3.36. The number of carbonyl (C=O) groups is 1. The number of carbonyl (C=O) groups excluding carboxylic acids is 1. The Hall–Kier alpha value is -4.47. The average Bonchev–Trinajstić information content (AvgIpc) is 3.00. The van der Waals surface area contributed by atoms with Crippen molar-refractivity contribution < 1.29 is 17.9 Å².